The molecule has 17 nitrogen and oxygen atoms in total. The highest BCUT2D eigenvalue weighted by molar-refractivity contribution is 7.65. The first-order valence-corrected chi connectivity index (χ1v) is 33.0. The molecule has 4 heterocycles. The number of hydrogen-bond donors (Lipinski definition) is 4. The molecule has 0 bridgehead atoms. The third-order valence-electron chi connectivity index (χ3n) is 13.1. The van der Waals surface area contributed by atoms with Crippen LogP contribution in [0.2, 0.25) is 0 Å². The van der Waals surface area contributed by atoms with E-state index in [1.807, 2.05) is 67.6 Å². The van der Waals surface area contributed by atoms with Crippen LogP contribution in [-0.2, 0) is 38.1 Å². The van der Waals surface area contributed by atoms with Crippen LogP contribution in [0.4, 0.5) is 0 Å². The molecule has 81 heavy (non-hydrogen) atoms. The molecular formula is C61H69N6O11P3. The van der Waals surface area contributed by atoms with Crippen molar-refractivity contribution in [2.75, 3.05) is 73.0 Å². The summed E-state index contributed by atoms with van der Waals surface area (Å²) in [5.74, 6) is 19.7. The summed E-state index contributed by atoms with van der Waals surface area (Å²) < 4.78 is 56.3. The van der Waals surface area contributed by atoms with Crippen molar-refractivity contribution in [3.05, 3.63) is 160 Å². The lowest BCUT2D eigenvalue weighted by molar-refractivity contribution is -0.139. The van der Waals surface area contributed by atoms with Crippen molar-refractivity contribution >= 4 is 44.4 Å². The van der Waals surface area contributed by atoms with Crippen LogP contribution in [0, 0.1) is 35.5 Å². The van der Waals surface area contributed by atoms with Crippen LogP contribution in [0.25, 0.3) is 0 Å². The quantitative estimate of drug-likeness (QED) is 0.0355. The number of ether oxygens (including phenoxy) is 3. The molecule has 0 amide bonds. The van der Waals surface area contributed by atoms with E-state index in [-0.39, 0.29) is 28.9 Å². The first-order valence-electron chi connectivity index (χ1n) is 26.6. The van der Waals surface area contributed by atoms with Crippen LogP contribution in [0.3, 0.4) is 0 Å². The average Bonchev–Trinajstić information content (AvgIpc) is 3.53. The van der Waals surface area contributed by atoms with Gasteiger partial charge in [-0.2, -0.15) is 0 Å². The van der Waals surface area contributed by atoms with Gasteiger partial charge in [-0.15, -0.1) is 0 Å². The van der Waals surface area contributed by atoms with E-state index in [0.717, 1.165) is 42.6 Å². The van der Waals surface area contributed by atoms with Crippen molar-refractivity contribution < 1.29 is 52.5 Å². The zero-order valence-electron chi connectivity index (χ0n) is 46.5. The summed E-state index contributed by atoms with van der Waals surface area (Å²) in [5, 5.41) is 9.01. The second-order valence-electron chi connectivity index (χ2n) is 20.0. The first-order chi connectivity index (χ1) is 38.6. The highest BCUT2D eigenvalue weighted by Gasteiger charge is 2.28. The third-order valence-corrected chi connectivity index (χ3v) is 16.3. The molecule has 1 fully saturated rings. The molecule has 4 atom stereocenters. The fourth-order valence-corrected chi connectivity index (χ4v) is 11.0. The normalized spacial score (nSPS) is 16.4. The number of carbonyl (C=O) groups is 1. The number of carboxylic acids is 1. The van der Waals surface area contributed by atoms with Gasteiger partial charge >= 0.3 is 5.97 Å². The number of hydrogen-bond acceptors (Lipinski definition) is 13. The Hall–Kier alpha value is -6.89. The molecule has 20 heteroatoms. The molecule has 3 aromatic carbocycles. The molecule has 6 aromatic rings. The second kappa shape index (κ2) is 28.7. The number of unbranched alkanes of at least 4 members (excludes halogenated alkanes) is 2. The molecule has 1 aliphatic heterocycles. The van der Waals surface area contributed by atoms with Crippen molar-refractivity contribution in [3.8, 4) is 52.8 Å². The zero-order chi connectivity index (χ0) is 58.2. The molecular weight excluding hydrogens is 1090 g/mol. The minimum Gasteiger partial charge on any atom is -0.497 e. The van der Waals surface area contributed by atoms with Crippen LogP contribution in [0.1, 0.15) is 90.0 Å². The van der Waals surface area contributed by atoms with Gasteiger partial charge in [0, 0.05) is 112 Å². The summed E-state index contributed by atoms with van der Waals surface area (Å²) in [6.07, 6.45) is 3.72. The Morgan fingerprint density at radius 3 is 1.36 bits per heavy atom. The number of aliphatic carboxylic acids is 1. The smallest absolute Gasteiger partial charge is 0.341 e. The first kappa shape index (κ1) is 61.7. The lowest BCUT2D eigenvalue weighted by atomic mass is 10.0. The SMILES string of the molecule is CCCCC[C@H]1CN(Cc2cc(C#Cc3ccc(OCC)cc3)cc(P(C)(=O)O)n2)CCN(Cc2cc(C#Cc3ccc(OCC(=O)O)cc3)cc(P(C)(=O)O)n2)CCN1Cc1cc(C#Cc2ccc(OC)cc2)cc(P(C)(=O)O)n1. The predicted molar refractivity (Wildman–Crippen MR) is 316 cm³/mol. The molecule has 0 spiro atoms. The molecule has 424 valence electrons. The van der Waals surface area contributed by atoms with Crippen LogP contribution in [0.15, 0.2) is 109 Å². The van der Waals surface area contributed by atoms with Crippen LogP contribution in [-0.4, -0.2) is 134 Å². The molecule has 1 saturated heterocycles. The van der Waals surface area contributed by atoms with Gasteiger partial charge in [0.15, 0.2) is 6.61 Å². The Morgan fingerprint density at radius 2 is 0.938 bits per heavy atom. The number of rotatable bonds is 19. The van der Waals surface area contributed by atoms with E-state index in [4.69, 9.17) is 34.3 Å². The summed E-state index contributed by atoms with van der Waals surface area (Å²) in [4.78, 5) is 65.0. The Bertz CT molecular complexity index is 3490. The van der Waals surface area contributed by atoms with E-state index in [1.165, 1.54) is 26.1 Å². The Labute approximate surface area is 475 Å². The summed E-state index contributed by atoms with van der Waals surface area (Å²) in [6.45, 7) is 11.4. The van der Waals surface area contributed by atoms with Gasteiger partial charge in [0.2, 0.25) is 22.1 Å². The molecule has 0 saturated carbocycles. The summed E-state index contributed by atoms with van der Waals surface area (Å²) in [6, 6.07) is 31.5. The monoisotopic (exact) mass is 1150 g/mol. The van der Waals surface area contributed by atoms with Crippen molar-refractivity contribution in [2.45, 2.75) is 65.2 Å². The maximum atomic E-state index is 13.4. The number of aromatic nitrogens is 3. The number of pyridine rings is 3. The van der Waals surface area contributed by atoms with E-state index in [2.05, 4.69) is 57.1 Å². The molecule has 7 rings (SSSR count). The van der Waals surface area contributed by atoms with E-state index < -0.39 is 34.7 Å². The van der Waals surface area contributed by atoms with Crippen LogP contribution < -0.4 is 30.5 Å². The second-order valence-corrected chi connectivity index (χ2v) is 26.7. The van der Waals surface area contributed by atoms with Crippen molar-refractivity contribution in [1.29, 1.82) is 0 Å². The zero-order valence-corrected chi connectivity index (χ0v) is 49.2. The van der Waals surface area contributed by atoms with Gasteiger partial charge in [-0.3, -0.25) is 28.4 Å². The van der Waals surface area contributed by atoms with Crippen molar-refractivity contribution in [2.24, 2.45) is 0 Å². The highest BCUT2D eigenvalue weighted by Crippen LogP contribution is 2.35. The van der Waals surface area contributed by atoms with E-state index in [0.29, 0.717) is 103 Å². The number of nitrogens with zero attached hydrogens (tertiary/aromatic N) is 6. The molecule has 0 radical (unpaired) electrons. The number of benzene rings is 3. The molecule has 0 aliphatic carbocycles. The third kappa shape index (κ3) is 19.7. The fourth-order valence-electron chi connectivity index (χ4n) is 8.93. The maximum absolute atomic E-state index is 13.4. The Balaban J connectivity index is 1.27. The molecule has 1 aliphatic rings. The van der Waals surface area contributed by atoms with E-state index in [1.54, 1.807) is 49.6 Å². The molecule has 3 unspecified atom stereocenters. The highest BCUT2D eigenvalue weighted by atomic mass is 31.2. The lowest BCUT2D eigenvalue weighted by Gasteiger charge is -2.35. The summed E-state index contributed by atoms with van der Waals surface area (Å²) in [5.41, 5.74) is 5.35. The molecule has 3 aromatic heterocycles. The van der Waals surface area contributed by atoms with Gasteiger partial charge in [0.05, 0.1) is 30.8 Å². The number of carboxylic acid groups (broad SMARTS) is 1. The minimum atomic E-state index is -3.88. The largest absolute Gasteiger partial charge is 0.497 e. The van der Waals surface area contributed by atoms with Crippen molar-refractivity contribution in [3.63, 3.8) is 0 Å². The fraction of sp³-hybridized carbons (Fsp3) is 0.344. The van der Waals surface area contributed by atoms with Crippen LogP contribution >= 0.6 is 22.1 Å². The minimum absolute atomic E-state index is 0.00338. The van der Waals surface area contributed by atoms with Gasteiger partial charge in [-0.1, -0.05) is 61.7 Å². The Kier molecular flexibility index (Phi) is 21.9. The van der Waals surface area contributed by atoms with Gasteiger partial charge in [-0.25, -0.2) is 19.7 Å². The lowest BCUT2D eigenvalue weighted by Crippen LogP contribution is -2.44. The van der Waals surface area contributed by atoms with Gasteiger partial charge in [-0.05, 0) is 123 Å². The summed E-state index contributed by atoms with van der Waals surface area (Å²) >= 11 is 0. The predicted octanol–water partition coefficient (Wildman–Crippen LogP) is 7.29. The van der Waals surface area contributed by atoms with Gasteiger partial charge in [0.25, 0.3) is 0 Å². The van der Waals surface area contributed by atoms with Gasteiger partial charge in [0.1, 0.15) is 33.6 Å². The molecule has 4 N–H and O–H groups in total. The van der Waals surface area contributed by atoms with Crippen molar-refractivity contribution in [1.82, 2.24) is 29.7 Å². The van der Waals surface area contributed by atoms with Gasteiger partial charge < -0.3 is 34.0 Å². The van der Waals surface area contributed by atoms with E-state index in [9.17, 15) is 33.2 Å². The van der Waals surface area contributed by atoms with Crippen LogP contribution in [0.5, 0.6) is 17.2 Å². The number of methoxy groups -OCH3 is 1. The maximum Gasteiger partial charge on any atom is 0.341 e. The standard InChI is InChI=1S/C61H69N6O11P3/c1-7-9-10-11-54-43-66(41-52-35-49(38-59(63-52)80(5,72)73)16-13-46-20-26-56(27-21-46)77-8-2)31-30-65(40-51-34-48(37-58(62-51)79(4,70)71)15-14-47-22-28-57(29-23-47)78-44-61(68)69)32-33-67(54)42-53-36-50(39-60(64-53)81(6,74)75)17-12-45-18-24-55(76-3)25-19-45/h18-29,34-39,54H,7-11,30-33,40-44H2,1-6H3,(H,68,69)(H,70,71)(H,72,73)(H,74,75)/t54-/m0/s1. The van der Waals surface area contributed by atoms with E-state index >= 15 is 0 Å². The average molecular weight is 1160 g/mol. The summed E-state index contributed by atoms with van der Waals surface area (Å²) in [7, 11) is -9.99. The topological polar surface area (TPSA) is 225 Å². The Morgan fingerprint density at radius 1 is 0.543 bits per heavy atom.